The Balaban J connectivity index is 3.03. The summed E-state index contributed by atoms with van der Waals surface area (Å²) in [5.74, 6) is 1.38. The molecule has 17 heavy (non-hydrogen) atoms. The van der Waals surface area contributed by atoms with Gasteiger partial charge in [-0.25, -0.2) is 0 Å². The first-order valence-corrected chi connectivity index (χ1v) is 6.56. The Morgan fingerprint density at radius 3 is 2.41 bits per heavy atom. The van der Waals surface area contributed by atoms with Gasteiger partial charge >= 0.3 is 0 Å². The molecular formula is C14H22ClNO. The zero-order valence-electron chi connectivity index (χ0n) is 11.1. The van der Waals surface area contributed by atoms with E-state index in [0.717, 1.165) is 18.6 Å². The SMILES string of the molecule is CCC(CC)C(NC)c1ccc(Cl)c(OC)c1. The maximum Gasteiger partial charge on any atom is 0.137 e. The minimum Gasteiger partial charge on any atom is -0.495 e. The lowest BCUT2D eigenvalue weighted by atomic mass is 9.89. The third kappa shape index (κ3) is 3.36. The third-order valence-corrected chi connectivity index (χ3v) is 3.68. The minimum atomic E-state index is 0.358. The van der Waals surface area contributed by atoms with Gasteiger partial charge in [-0.15, -0.1) is 0 Å². The highest BCUT2D eigenvalue weighted by Gasteiger charge is 2.19. The van der Waals surface area contributed by atoms with Crippen LogP contribution in [0.1, 0.15) is 38.3 Å². The Bertz CT molecular complexity index is 350. The lowest BCUT2D eigenvalue weighted by molar-refractivity contribution is 0.357. The van der Waals surface area contributed by atoms with E-state index in [1.165, 1.54) is 5.56 Å². The number of hydrogen-bond acceptors (Lipinski definition) is 2. The summed E-state index contributed by atoms with van der Waals surface area (Å²) in [5.41, 5.74) is 1.24. The Morgan fingerprint density at radius 1 is 1.29 bits per heavy atom. The van der Waals surface area contributed by atoms with Crippen LogP contribution < -0.4 is 10.1 Å². The molecule has 0 aliphatic rings. The molecular weight excluding hydrogens is 234 g/mol. The van der Waals surface area contributed by atoms with Gasteiger partial charge in [-0.2, -0.15) is 0 Å². The number of nitrogens with one attached hydrogen (secondary N) is 1. The predicted molar refractivity (Wildman–Crippen MR) is 73.9 cm³/mol. The quantitative estimate of drug-likeness (QED) is 0.828. The Labute approximate surface area is 109 Å². The number of benzene rings is 1. The number of halogens is 1. The Hall–Kier alpha value is -0.730. The van der Waals surface area contributed by atoms with Crippen LogP contribution in [0.3, 0.4) is 0 Å². The summed E-state index contributed by atoms with van der Waals surface area (Å²) in [7, 11) is 3.65. The summed E-state index contributed by atoms with van der Waals surface area (Å²) in [6.45, 7) is 4.46. The van der Waals surface area contributed by atoms with E-state index >= 15 is 0 Å². The van der Waals surface area contributed by atoms with Crippen LogP contribution in [0, 0.1) is 5.92 Å². The fourth-order valence-electron chi connectivity index (χ4n) is 2.30. The number of ether oxygens (including phenoxy) is 1. The van der Waals surface area contributed by atoms with Gasteiger partial charge in [0.1, 0.15) is 5.75 Å². The molecule has 1 unspecified atom stereocenters. The van der Waals surface area contributed by atoms with Crippen LogP contribution in [-0.2, 0) is 0 Å². The minimum absolute atomic E-state index is 0.358. The number of methoxy groups -OCH3 is 1. The molecule has 0 heterocycles. The van der Waals surface area contributed by atoms with E-state index in [1.807, 2.05) is 19.2 Å². The van der Waals surface area contributed by atoms with Gasteiger partial charge in [0.25, 0.3) is 0 Å². The van der Waals surface area contributed by atoms with Crippen molar-refractivity contribution < 1.29 is 4.74 Å². The molecule has 2 nitrogen and oxygen atoms in total. The van der Waals surface area contributed by atoms with Gasteiger partial charge in [-0.3, -0.25) is 0 Å². The average molecular weight is 256 g/mol. The van der Waals surface area contributed by atoms with Crippen molar-refractivity contribution >= 4 is 11.6 Å². The highest BCUT2D eigenvalue weighted by molar-refractivity contribution is 6.32. The molecule has 3 heteroatoms. The van der Waals surface area contributed by atoms with E-state index in [9.17, 15) is 0 Å². The smallest absolute Gasteiger partial charge is 0.137 e. The normalized spacial score (nSPS) is 12.8. The Kier molecular flexibility index (Phi) is 5.79. The van der Waals surface area contributed by atoms with E-state index in [0.29, 0.717) is 17.0 Å². The molecule has 0 bridgehead atoms. The van der Waals surface area contributed by atoms with Crippen LogP contribution in [0.25, 0.3) is 0 Å². The van der Waals surface area contributed by atoms with E-state index in [-0.39, 0.29) is 0 Å². The molecule has 0 aliphatic heterocycles. The molecule has 96 valence electrons. The van der Waals surface area contributed by atoms with Crippen molar-refractivity contribution in [2.75, 3.05) is 14.2 Å². The first-order chi connectivity index (χ1) is 8.17. The third-order valence-electron chi connectivity index (χ3n) is 3.37. The summed E-state index contributed by atoms with van der Waals surface area (Å²) < 4.78 is 5.27. The standard InChI is InChI=1S/C14H22ClNO/c1-5-10(6-2)14(16-3)11-7-8-12(15)13(9-11)17-4/h7-10,14,16H,5-6H2,1-4H3. The summed E-state index contributed by atoms with van der Waals surface area (Å²) in [6.07, 6.45) is 2.32. The van der Waals surface area contributed by atoms with E-state index in [1.54, 1.807) is 7.11 Å². The fourth-order valence-corrected chi connectivity index (χ4v) is 2.50. The van der Waals surface area contributed by atoms with Crippen LogP contribution in [0.2, 0.25) is 5.02 Å². The molecule has 1 aromatic carbocycles. The summed E-state index contributed by atoms with van der Waals surface area (Å²) in [6, 6.07) is 6.37. The first kappa shape index (κ1) is 14.3. The second-order valence-corrected chi connectivity index (χ2v) is 4.64. The van der Waals surface area contributed by atoms with Gasteiger partial charge in [-0.1, -0.05) is 44.4 Å². The Morgan fingerprint density at radius 2 is 1.94 bits per heavy atom. The molecule has 0 fully saturated rings. The van der Waals surface area contributed by atoms with Crippen molar-refractivity contribution in [3.63, 3.8) is 0 Å². The van der Waals surface area contributed by atoms with Crippen molar-refractivity contribution in [1.82, 2.24) is 5.32 Å². The van der Waals surface area contributed by atoms with Crippen LogP contribution in [0.5, 0.6) is 5.75 Å². The molecule has 0 spiro atoms. The van der Waals surface area contributed by atoms with Gasteiger partial charge in [0, 0.05) is 6.04 Å². The van der Waals surface area contributed by atoms with Crippen molar-refractivity contribution in [2.45, 2.75) is 32.7 Å². The monoisotopic (exact) mass is 255 g/mol. The summed E-state index contributed by atoms with van der Waals surface area (Å²) >= 11 is 6.05. The van der Waals surface area contributed by atoms with Gasteiger partial charge in [0.15, 0.2) is 0 Å². The summed E-state index contributed by atoms with van der Waals surface area (Å²) in [5, 5.41) is 4.06. The molecule has 1 rings (SSSR count). The largest absolute Gasteiger partial charge is 0.495 e. The topological polar surface area (TPSA) is 21.3 Å². The van der Waals surface area contributed by atoms with Crippen molar-refractivity contribution in [3.8, 4) is 5.75 Å². The second-order valence-electron chi connectivity index (χ2n) is 4.24. The maximum atomic E-state index is 6.05. The second kappa shape index (κ2) is 6.87. The molecule has 0 radical (unpaired) electrons. The first-order valence-electron chi connectivity index (χ1n) is 6.18. The average Bonchev–Trinajstić information content (AvgIpc) is 2.36. The van der Waals surface area contributed by atoms with E-state index in [4.69, 9.17) is 16.3 Å². The number of hydrogen-bond donors (Lipinski definition) is 1. The van der Waals surface area contributed by atoms with Crippen molar-refractivity contribution in [2.24, 2.45) is 5.92 Å². The highest BCUT2D eigenvalue weighted by atomic mass is 35.5. The van der Waals surface area contributed by atoms with Crippen molar-refractivity contribution in [3.05, 3.63) is 28.8 Å². The summed E-state index contributed by atoms with van der Waals surface area (Å²) in [4.78, 5) is 0. The highest BCUT2D eigenvalue weighted by Crippen LogP contribution is 2.32. The molecule has 0 saturated heterocycles. The lowest BCUT2D eigenvalue weighted by Gasteiger charge is -2.25. The van der Waals surface area contributed by atoms with Crippen LogP contribution in [-0.4, -0.2) is 14.2 Å². The van der Waals surface area contributed by atoms with E-state index in [2.05, 4.69) is 25.2 Å². The van der Waals surface area contributed by atoms with Crippen LogP contribution in [0.15, 0.2) is 18.2 Å². The molecule has 1 N–H and O–H groups in total. The van der Waals surface area contributed by atoms with Gasteiger partial charge < -0.3 is 10.1 Å². The van der Waals surface area contributed by atoms with Gasteiger partial charge in [0.05, 0.1) is 12.1 Å². The molecule has 0 aliphatic carbocycles. The lowest BCUT2D eigenvalue weighted by Crippen LogP contribution is -2.24. The maximum absolute atomic E-state index is 6.05. The zero-order valence-corrected chi connectivity index (χ0v) is 11.8. The van der Waals surface area contributed by atoms with Crippen LogP contribution >= 0.6 is 11.6 Å². The van der Waals surface area contributed by atoms with Gasteiger partial charge in [-0.05, 0) is 30.7 Å². The molecule has 0 aromatic heterocycles. The van der Waals surface area contributed by atoms with Crippen molar-refractivity contribution in [1.29, 1.82) is 0 Å². The zero-order chi connectivity index (χ0) is 12.8. The fraction of sp³-hybridized carbons (Fsp3) is 0.571. The molecule has 1 atom stereocenters. The molecule has 0 amide bonds. The molecule has 1 aromatic rings. The molecule has 0 saturated carbocycles. The number of rotatable bonds is 6. The predicted octanol–water partition coefficient (Wildman–Crippen LogP) is 4.05. The van der Waals surface area contributed by atoms with Gasteiger partial charge in [0.2, 0.25) is 0 Å². The van der Waals surface area contributed by atoms with E-state index < -0.39 is 0 Å². The van der Waals surface area contributed by atoms with Crippen LogP contribution in [0.4, 0.5) is 0 Å².